The summed E-state index contributed by atoms with van der Waals surface area (Å²) in [4.78, 5) is 8.78. The first-order valence-electron chi connectivity index (χ1n) is 1.67. The maximum absolute atomic E-state index is 8.78. The molecule has 0 radical (unpaired) electrons. The molecular weight excluding hydrogens is 110 g/mol. The maximum Gasteiger partial charge on any atom is 0.402 e. The summed E-state index contributed by atoms with van der Waals surface area (Å²) < 4.78 is 0. The summed E-state index contributed by atoms with van der Waals surface area (Å²) in [7, 11) is 0. The average molecular weight is 117 g/mol. The molecule has 4 N–H and O–H groups in total. The minimum absolute atomic E-state index is 0.153. The second-order valence-corrected chi connectivity index (χ2v) is 0.700. The van der Waals surface area contributed by atoms with E-state index >= 15 is 0 Å². The lowest BCUT2D eigenvalue weighted by atomic mass is 10.8. The molecule has 0 saturated heterocycles. The van der Waals surface area contributed by atoms with Crippen LogP contribution in [0, 0.1) is 12.3 Å². The van der Waals surface area contributed by atoms with Crippen LogP contribution in [-0.2, 0) is 0 Å². The van der Waals surface area contributed by atoms with Crippen LogP contribution >= 0.6 is 0 Å². The van der Waals surface area contributed by atoms with Gasteiger partial charge in [-0.15, -0.1) is 6.42 Å². The van der Waals surface area contributed by atoms with Crippen molar-refractivity contribution in [2.45, 2.75) is 0 Å². The molecule has 4 nitrogen and oxygen atoms in total. The highest BCUT2D eigenvalue weighted by molar-refractivity contribution is 5.61. The van der Waals surface area contributed by atoms with Gasteiger partial charge in [0.25, 0.3) is 0 Å². The predicted molar refractivity (Wildman–Crippen MR) is 28.1 cm³/mol. The van der Waals surface area contributed by atoms with E-state index in [4.69, 9.17) is 15.0 Å². The molecule has 0 aliphatic heterocycles. The van der Waals surface area contributed by atoms with Crippen molar-refractivity contribution < 1.29 is 15.0 Å². The molecule has 0 aliphatic rings. The Morgan fingerprint density at radius 1 is 1.88 bits per heavy atom. The minimum Gasteiger partial charge on any atom is -0.465 e. The Morgan fingerprint density at radius 3 is 2.00 bits per heavy atom. The maximum atomic E-state index is 8.78. The van der Waals surface area contributed by atoms with Crippen LogP contribution < -0.4 is 5.73 Å². The van der Waals surface area contributed by atoms with Crippen molar-refractivity contribution in [3.63, 3.8) is 0 Å². The van der Waals surface area contributed by atoms with Crippen LogP contribution in [0.2, 0.25) is 0 Å². The quantitative estimate of drug-likeness (QED) is 0.364. The molecule has 0 aliphatic carbocycles. The fraction of sp³-hybridized carbons (Fsp3) is 0.250. The topological polar surface area (TPSA) is 83.5 Å². The molecule has 0 rings (SSSR count). The van der Waals surface area contributed by atoms with E-state index in [0.29, 0.717) is 0 Å². The third-order valence-electron chi connectivity index (χ3n) is 0.0913. The molecule has 1 amide bonds. The van der Waals surface area contributed by atoms with Crippen molar-refractivity contribution in [1.29, 1.82) is 0 Å². The van der Waals surface area contributed by atoms with Crippen LogP contribution in [0.3, 0.4) is 0 Å². The van der Waals surface area contributed by atoms with Gasteiger partial charge in [-0.1, -0.05) is 5.92 Å². The lowest BCUT2D eigenvalue weighted by Gasteiger charge is -1.61. The second-order valence-electron chi connectivity index (χ2n) is 0.700. The molecule has 0 unspecified atom stereocenters. The van der Waals surface area contributed by atoms with E-state index in [1.54, 1.807) is 0 Å². The van der Waals surface area contributed by atoms with Crippen LogP contribution in [0.25, 0.3) is 0 Å². The van der Waals surface area contributed by atoms with Crippen molar-refractivity contribution in [1.82, 2.24) is 0 Å². The number of aliphatic hydroxyl groups excluding tert-OH is 1. The van der Waals surface area contributed by atoms with Crippen LogP contribution in [0.1, 0.15) is 0 Å². The molecule has 0 aromatic rings. The zero-order valence-electron chi connectivity index (χ0n) is 4.16. The fourth-order valence-corrected chi connectivity index (χ4v) is 0. The minimum atomic E-state index is -1.33. The monoisotopic (exact) mass is 117 g/mol. The van der Waals surface area contributed by atoms with Gasteiger partial charge in [-0.25, -0.2) is 4.79 Å². The third kappa shape index (κ3) is 1560. The summed E-state index contributed by atoms with van der Waals surface area (Å²) in [5.74, 6) is 1.99. The Morgan fingerprint density at radius 2 is 2.00 bits per heavy atom. The van der Waals surface area contributed by atoms with Gasteiger partial charge in [0, 0.05) is 0 Å². The van der Waals surface area contributed by atoms with Crippen molar-refractivity contribution >= 4 is 6.09 Å². The van der Waals surface area contributed by atoms with E-state index in [9.17, 15) is 0 Å². The average Bonchev–Trinajstić information content (AvgIpc) is 1.65. The number of rotatable bonds is 0. The molecule has 0 saturated carbocycles. The third-order valence-corrected chi connectivity index (χ3v) is 0.0913. The van der Waals surface area contributed by atoms with E-state index < -0.39 is 6.09 Å². The highest BCUT2D eigenvalue weighted by atomic mass is 16.4. The first kappa shape index (κ1) is 9.92. The van der Waals surface area contributed by atoms with Crippen molar-refractivity contribution in [2.24, 2.45) is 5.73 Å². The number of amides is 1. The first-order valence-corrected chi connectivity index (χ1v) is 1.67. The van der Waals surface area contributed by atoms with Crippen LogP contribution in [0.15, 0.2) is 0 Å². The second kappa shape index (κ2) is 9.25. The molecule has 0 fully saturated rings. The van der Waals surface area contributed by atoms with Gasteiger partial charge in [0.05, 0.1) is 0 Å². The fourth-order valence-electron chi connectivity index (χ4n) is 0. The van der Waals surface area contributed by atoms with Gasteiger partial charge in [-0.2, -0.15) is 0 Å². The Kier molecular flexibility index (Phi) is 11.5. The van der Waals surface area contributed by atoms with Crippen LogP contribution in [0.5, 0.6) is 0 Å². The van der Waals surface area contributed by atoms with Crippen molar-refractivity contribution in [2.75, 3.05) is 6.61 Å². The largest absolute Gasteiger partial charge is 0.465 e. The van der Waals surface area contributed by atoms with E-state index in [1.807, 2.05) is 5.92 Å². The molecule has 46 valence electrons. The number of aliphatic hydroxyl groups is 1. The van der Waals surface area contributed by atoms with Crippen molar-refractivity contribution in [3.05, 3.63) is 0 Å². The summed E-state index contributed by atoms with van der Waals surface area (Å²) in [5.41, 5.74) is 4.03. The zero-order chi connectivity index (χ0) is 6.99. The number of hydrogen-bond donors (Lipinski definition) is 3. The molecule has 0 heterocycles. The van der Waals surface area contributed by atoms with Gasteiger partial charge in [0.1, 0.15) is 6.61 Å². The van der Waals surface area contributed by atoms with Gasteiger partial charge in [-0.05, 0) is 0 Å². The van der Waals surface area contributed by atoms with E-state index in [0.717, 1.165) is 0 Å². The number of terminal acetylenes is 1. The molecule has 0 aromatic carbocycles. The van der Waals surface area contributed by atoms with Gasteiger partial charge in [0.15, 0.2) is 0 Å². The van der Waals surface area contributed by atoms with Gasteiger partial charge in [-0.3, -0.25) is 0 Å². The van der Waals surface area contributed by atoms with Crippen LogP contribution in [0.4, 0.5) is 4.79 Å². The van der Waals surface area contributed by atoms with E-state index in [-0.39, 0.29) is 6.61 Å². The number of carbonyl (C=O) groups is 1. The number of carboxylic acid groups (broad SMARTS) is 1. The van der Waals surface area contributed by atoms with Gasteiger partial charge in [0.2, 0.25) is 0 Å². The standard InChI is InChI=1S/C3H4O.CH3NO2/c1-2-3-4;2-1(3)4/h1,4H,3H2;2H2,(H,3,4). The molecule has 0 atom stereocenters. The Bertz CT molecular complexity index is 89.9. The summed E-state index contributed by atoms with van der Waals surface area (Å²) >= 11 is 0. The Hall–Kier alpha value is -1.21. The molecule has 0 bridgehead atoms. The molecule has 8 heavy (non-hydrogen) atoms. The number of nitrogens with two attached hydrogens (primary N) is 1. The smallest absolute Gasteiger partial charge is 0.402 e. The number of hydrogen-bond acceptors (Lipinski definition) is 2. The summed E-state index contributed by atoms with van der Waals surface area (Å²) in [5, 5.41) is 14.8. The summed E-state index contributed by atoms with van der Waals surface area (Å²) in [6.45, 7) is -0.153. The SMILES string of the molecule is C#CCO.NC(=O)O. The molecule has 0 spiro atoms. The highest BCUT2D eigenvalue weighted by Crippen LogP contribution is 1.34. The normalized spacial score (nSPS) is 5.50. The summed E-state index contributed by atoms with van der Waals surface area (Å²) in [6, 6.07) is 0. The van der Waals surface area contributed by atoms with Crippen molar-refractivity contribution in [3.8, 4) is 12.3 Å². The summed E-state index contributed by atoms with van der Waals surface area (Å²) in [6.07, 6.45) is 3.19. The molecule has 4 heteroatoms. The first-order chi connectivity index (χ1) is 3.65. The Labute approximate surface area is 46.9 Å². The van der Waals surface area contributed by atoms with Crippen LogP contribution in [-0.4, -0.2) is 22.9 Å². The zero-order valence-corrected chi connectivity index (χ0v) is 4.16. The van der Waals surface area contributed by atoms with Gasteiger partial charge < -0.3 is 15.9 Å². The molecule has 0 aromatic heterocycles. The van der Waals surface area contributed by atoms with E-state index in [2.05, 4.69) is 12.2 Å². The van der Waals surface area contributed by atoms with E-state index in [1.165, 1.54) is 0 Å². The Balaban J connectivity index is 0. The predicted octanol–water partition coefficient (Wildman–Crippen LogP) is -0.765. The molecular formula is C4H7NO3. The number of primary amides is 1. The van der Waals surface area contributed by atoms with Gasteiger partial charge >= 0.3 is 6.09 Å². The highest BCUT2D eigenvalue weighted by Gasteiger charge is 1.65. The lowest BCUT2D eigenvalue weighted by molar-refractivity contribution is 0.205. The lowest BCUT2D eigenvalue weighted by Crippen LogP contribution is -2.03.